The van der Waals surface area contributed by atoms with Crippen LogP contribution in [-0.4, -0.2) is 48.6 Å². The van der Waals surface area contributed by atoms with Crippen LogP contribution in [-0.2, 0) is 19.6 Å². The van der Waals surface area contributed by atoms with Crippen molar-refractivity contribution in [2.75, 3.05) is 13.1 Å². The van der Waals surface area contributed by atoms with Crippen LogP contribution in [0.1, 0.15) is 6.42 Å². The Bertz CT molecular complexity index is 671. The predicted octanol–water partition coefficient (Wildman–Crippen LogP) is 0.126. The minimum atomic E-state index is -3.46. The Kier molecular flexibility index (Phi) is 2.43. The third-order valence-corrected chi connectivity index (χ3v) is 7.39. The van der Waals surface area contributed by atoms with Gasteiger partial charge in [0.2, 0.25) is 11.8 Å². The number of fused-ring (bicyclic) bond motifs is 1. The van der Waals surface area contributed by atoms with Crippen molar-refractivity contribution in [3.05, 3.63) is 17.5 Å². The average molecular weight is 312 g/mol. The normalized spacial score (nSPS) is 30.5. The van der Waals surface area contributed by atoms with Crippen molar-refractivity contribution in [2.45, 2.75) is 16.7 Å². The third-order valence-electron chi connectivity index (χ3n) is 4.18. The summed E-state index contributed by atoms with van der Waals surface area (Å²) in [5.41, 5.74) is 0. The van der Waals surface area contributed by atoms with Crippen LogP contribution in [0.2, 0.25) is 0 Å². The largest absolute Gasteiger partial charge is 0.276 e. The number of hydrogen-bond acceptors (Lipinski definition) is 5. The maximum Gasteiger partial charge on any atom is 0.252 e. The maximum atomic E-state index is 12.2. The van der Waals surface area contributed by atoms with E-state index in [2.05, 4.69) is 0 Å². The second kappa shape index (κ2) is 3.90. The van der Waals surface area contributed by atoms with Crippen LogP contribution in [0.3, 0.4) is 0 Å². The molecule has 2 unspecified atom stereocenters. The van der Waals surface area contributed by atoms with Gasteiger partial charge in [-0.05, 0) is 17.9 Å². The molecule has 0 N–H and O–H groups in total. The van der Waals surface area contributed by atoms with E-state index in [1.807, 2.05) is 0 Å². The number of hydrogen-bond donors (Lipinski definition) is 0. The minimum Gasteiger partial charge on any atom is -0.276 e. The molecule has 20 heavy (non-hydrogen) atoms. The lowest BCUT2D eigenvalue weighted by molar-refractivity contribution is -0.146. The molecule has 0 bridgehead atoms. The topological polar surface area (TPSA) is 74.8 Å². The molecule has 3 fully saturated rings. The molecule has 8 heteroatoms. The smallest absolute Gasteiger partial charge is 0.252 e. The van der Waals surface area contributed by atoms with Crippen molar-refractivity contribution >= 4 is 33.2 Å². The Labute approximate surface area is 120 Å². The summed E-state index contributed by atoms with van der Waals surface area (Å²) in [6, 6.07) is 2.97. The van der Waals surface area contributed by atoms with Crippen molar-refractivity contribution in [1.82, 2.24) is 9.21 Å². The molecular weight excluding hydrogens is 300 g/mol. The molecule has 2 aliphatic heterocycles. The molecule has 0 spiro atoms. The zero-order valence-electron chi connectivity index (χ0n) is 10.4. The van der Waals surface area contributed by atoms with Crippen molar-refractivity contribution in [2.24, 2.45) is 11.8 Å². The van der Waals surface area contributed by atoms with Gasteiger partial charge in [0, 0.05) is 13.1 Å². The van der Waals surface area contributed by atoms with Crippen LogP contribution >= 0.6 is 11.3 Å². The van der Waals surface area contributed by atoms with E-state index in [4.69, 9.17) is 0 Å². The number of nitrogens with zero attached hydrogens (tertiary/aromatic N) is 2. The highest BCUT2D eigenvalue weighted by Gasteiger charge is 2.61. The Morgan fingerprint density at radius 1 is 1.15 bits per heavy atom. The lowest BCUT2D eigenvalue weighted by Gasteiger charge is -2.42. The summed E-state index contributed by atoms with van der Waals surface area (Å²) in [4.78, 5) is 25.1. The molecule has 0 aromatic carbocycles. The predicted molar refractivity (Wildman–Crippen MR) is 70.3 cm³/mol. The number of imide groups is 1. The van der Waals surface area contributed by atoms with Gasteiger partial charge in [0.05, 0.1) is 17.9 Å². The highest BCUT2D eigenvalue weighted by molar-refractivity contribution is 7.91. The number of carbonyl (C=O) groups excluding carboxylic acids is 2. The highest BCUT2D eigenvalue weighted by atomic mass is 32.2. The number of sulfonamides is 1. The van der Waals surface area contributed by atoms with Crippen LogP contribution in [0.25, 0.3) is 0 Å². The van der Waals surface area contributed by atoms with E-state index in [1.165, 1.54) is 20.5 Å². The lowest BCUT2D eigenvalue weighted by atomic mass is 10.1. The van der Waals surface area contributed by atoms with Crippen LogP contribution in [0, 0.1) is 11.8 Å². The van der Waals surface area contributed by atoms with E-state index in [1.54, 1.807) is 17.5 Å². The fraction of sp³-hybridized carbons (Fsp3) is 0.500. The van der Waals surface area contributed by atoms with Crippen molar-refractivity contribution in [3.63, 3.8) is 0 Å². The number of rotatable bonds is 3. The van der Waals surface area contributed by atoms with Crippen molar-refractivity contribution in [1.29, 1.82) is 0 Å². The fourth-order valence-electron chi connectivity index (χ4n) is 2.88. The van der Waals surface area contributed by atoms with Gasteiger partial charge in [-0.1, -0.05) is 6.07 Å². The quantitative estimate of drug-likeness (QED) is 0.743. The fourth-order valence-corrected chi connectivity index (χ4v) is 5.54. The summed E-state index contributed by atoms with van der Waals surface area (Å²) in [7, 11) is -3.46. The van der Waals surface area contributed by atoms with Gasteiger partial charge in [-0.3, -0.25) is 14.5 Å². The minimum absolute atomic E-state index is 0.113. The Morgan fingerprint density at radius 3 is 2.35 bits per heavy atom. The van der Waals surface area contributed by atoms with Crippen LogP contribution in [0.4, 0.5) is 0 Å². The molecule has 1 saturated carbocycles. The first-order valence-electron chi connectivity index (χ1n) is 6.40. The molecule has 2 atom stereocenters. The molecular formula is C12H12N2O4S2. The zero-order valence-corrected chi connectivity index (χ0v) is 12.1. The van der Waals surface area contributed by atoms with E-state index in [0.29, 0.717) is 10.6 Å². The Balaban J connectivity index is 1.48. The van der Waals surface area contributed by atoms with Gasteiger partial charge >= 0.3 is 0 Å². The molecule has 3 aliphatic rings. The van der Waals surface area contributed by atoms with E-state index in [0.717, 1.165) is 0 Å². The first kappa shape index (κ1) is 12.5. The Hall–Kier alpha value is -1.25. The summed E-state index contributed by atoms with van der Waals surface area (Å²) in [5.74, 6) is -0.466. The molecule has 3 heterocycles. The monoisotopic (exact) mass is 312 g/mol. The number of amides is 2. The molecule has 1 aromatic heterocycles. The van der Waals surface area contributed by atoms with E-state index >= 15 is 0 Å². The second-order valence-corrected chi connectivity index (χ2v) is 8.52. The van der Waals surface area contributed by atoms with E-state index < -0.39 is 10.0 Å². The first-order chi connectivity index (χ1) is 9.50. The number of carbonyl (C=O) groups is 2. The first-order valence-corrected chi connectivity index (χ1v) is 8.72. The van der Waals surface area contributed by atoms with Gasteiger partial charge in [0.25, 0.3) is 10.0 Å². The van der Waals surface area contributed by atoms with Gasteiger partial charge < -0.3 is 0 Å². The second-order valence-electron chi connectivity index (χ2n) is 5.40. The van der Waals surface area contributed by atoms with Crippen LogP contribution < -0.4 is 0 Å². The molecule has 6 nitrogen and oxygen atoms in total. The molecule has 4 rings (SSSR count). The SMILES string of the molecule is O=C1C2CC2C(=O)N1C1CN(S(=O)(=O)c2cccs2)C1. The van der Waals surface area contributed by atoms with Gasteiger partial charge in [-0.2, -0.15) is 4.31 Å². The summed E-state index contributed by atoms with van der Waals surface area (Å²) < 4.78 is 26.1. The van der Waals surface area contributed by atoms with E-state index in [9.17, 15) is 18.0 Å². The third kappa shape index (κ3) is 1.55. The van der Waals surface area contributed by atoms with Crippen molar-refractivity contribution in [3.8, 4) is 0 Å². The summed E-state index contributed by atoms with van der Waals surface area (Å²) in [6.45, 7) is 0.439. The van der Waals surface area contributed by atoms with E-state index in [-0.39, 0.29) is 42.8 Å². The van der Waals surface area contributed by atoms with Gasteiger partial charge in [0.1, 0.15) is 4.21 Å². The molecule has 1 aromatic rings. The number of piperidine rings is 1. The van der Waals surface area contributed by atoms with Gasteiger partial charge in [0.15, 0.2) is 0 Å². The highest BCUT2D eigenvalue weighted by Crippen LogP contribution is 2.48. The van der Waals surface area contributed by atoms with Crippen LogP contribution in [0.15, 0.2) is 21.7 Å². The zero-order chi connectivity index (χ0) is 14.1. The number of thiophene rings is 1. The summed E-state index contributed by atoms with van der Waals surface area (Å²) in [6.07, 6.45) is 0.679. The average Bonchev–Trinajstić information content (AvgIpc) is 2.86. The standard InChI is InChI=1S/C12H12N2O4S2/c15-11-8-4-9(8)12(16)14(11)7-5-13(6-7)20(17,18)10-2-1-3-19-10/h1-3,7-9H,4-6H2. The molecule has 1 aliphatic carbocycles. The van der Waals surface area contributed by atoms with Gasteiger partial charge in [-0.25, -0.2) is 8.42 Å². The van der Waals surface area contributed by atoms with Gasteiger partial charge in [-0.15, -0.1) is 11.3 Å². The maximum absolute atomic E-state index is 12.2. The summed E-state index contributed by atoms with van der Waals surface area (Å²) in [5, 5.41) is 1.71. The van der Waals surface area contributed by atoms with Crippen LogP contribution in [0.5, 0.6) is 0 Å². The Morgan fingerprint density at radius 2 is 1.80 bits per heavy atom. The molecule has 2 saturated heterocycles. The van der Waals surface area contributed by atoms with Crippen molar-refractivity contribution < 1.29 is 18.0 Å². The molecule has 0 radical (unpaired) electrons. The molecule has 2 amide bonds. The number of likely N-dealkylation sites (tertiary alicyclic amines) is 1. The summed E-state index contributed by atoms with van der Waals surface area (Å²) >= 11 is 1.17. The molecule has 106 valence electrons. The lowest BCUT2D eigenvalue weighted by Crippen LogP contribution is -2.62.